The Morgan fingerprint density at radius 3 is 2.25 bits per heavy atom. The van der Waals surface area contributed by atoms with Gasteiger partial charge >= 0.3 is 0 Å². The van der Waals surface area contributed by atoms with Crippen molar-refractivity contribution in [2.75, 3.05) is 6.54 Å². The third-order valence-corrected chi connectivity index (χ3v) is 2.64. The zero-order valence-electron chi connectivity index (χ0n) is 6.37. The molecule has 1 aromatic rings. The molecule has 0 saturated heterocycles. The van der Waals surface area contributed by atoms with Crippen molar-refractivity contribution in [1.82, 2.24) is 0 Å². The number of benzene rings is 1. The van der Waals surface area contributed by atoms with Gasteiger partial charge < -0.3 is 15.9 Å². The van der Waals surface area contributed by atoms with Gasteiger partial charge in [0.1, 0.15) is 5.75 Å². The topological polar surface area (TPSA) is 66.5 Å². The Labute approximate surface area is 84.4 Å². The molecule has 0 aliphatic carbocycles. The molecule has 1 unspecified atom stereocenters. The molecule has 0 aromatic heterocycles. The van der Waals surface area contributed by atoms with Crippen LogP contribution >= 0.6 is 22.6 Å². The molecular formula is C8H10INO2. The summed E-state index contributed by atoms with van der Waals surface area (Å²) in [4.78, 5) is 0. The summed E-state index contributed by atoms with van der Waals surface area (Å²) in [6.07, 6.45) is 0. The zero-order valence-corrected chi connectivity index (χ0v) is 8.52. The number of hydrogen-bond acceptors (Lipinski definition) is 3. The molecule has 4 N–H and O–H groups in total. The predicted molar refractivity (Wildman–Crippen MR) is 55.1 cm³/mol. The number of rotatable bonds is 2. The van der Waals surface area contributed by atoms with Gasteiger partial charge in [-0.3, -0.25) is 0 Å². The van der Waals surface area contributed by atoms with Crippen LogP contribution in [0.4, 0.5) is 0 Å². The lowest BCUT2D eigenvalue weighted by Crippen LogP contribution is -2.27. The Kier molecular flexibility index (Phi) is 2.92. The van der Waals surface area contributed by atoms with Gasteiger partial charge in [0, 0.05) is 6.54 Å². The number of phenols is 1. The minimum atomic E-state index is -1.04. The van der Waals surface area contributed by atoms with Crippen LogP contribution in [0.3, 0.4) is 0 Å². The largest absolute Gasteiger partial charge is 0.508 e. The first-order chi connectivity index (χ1) is 5.56. The minimum Gasteiger partial charge on any atom is -0.508 e. The highest BCUT2D eigenvalue weighted by molar-refractivity contribution is 14.1. The lowest BCUT2D eigenvalue weighted by molar-refractivity contribution is 0.166. The van der Waals surface area contributed by atoms with E-state index in [9.17, 15) is 5.11 Å². The molecule has 3 nitrogen and oxygen atoms in total. The van der Waals surface area contributed by atoms with E-state index < -0.39 is 3.61 Å². The smallest absolute Gasteiger partial charge is 0.153 e. The molecule has 4 heteroatoms. The van der Waals surface area contributed by atoms with Gasteiger partial charge in [0.2, 0.25) is 0 Å². The molecule has 1 atom stereocenters. The summed E-state index contributed by atoms with van der Waals surface area (Å²) in [5.74, 6) is 0.183. The molecule has 0 aliphatic rings. The van der Waals surface area contributed by atoms with Crippen LogP contribution in [0.15, 0.2) is 24.3 Å². The van der Waals surface area contributed by atoms with Gasteiger partial charge in [0.25, 0.3) is 0 Å². The predicted octanol–water partition coefficient (Wildman–Crippen LogP) is 0.931. The molecule has 0 fully saturated rings. The van der Waals surface area contributed by atoms with E-state index in [2.05, 4.69) is 0 Å². The molecule has 0 bridgehead atoms. The van der Waals surface area contributed by atoms with Gasteiger partial charge in [0.05, 0.1) is 0 Å². The van der Waals surface area contributed by atoms with E-state index in [-0.39, 0.29) is 12.3 Å². The normalized spacial score (nSPS) is 15.6. The number of aliphatic hydroxyl groups is 1. The minimum absolute atomic E-state index is 0.151. The fourth-order valence-electron chi connectivity index (χ4n) is 0.835. The quantitative estimate of drug-likeness (QED) is 0.557. The second kappa shape index (κ2) is 3.59. The van der Waals surface area contributed by atoms with E-state index in [1.54, 1.807) is 12.1 Å². The highest BCUT2D eigenvalue weighted by Gasteiger charge is 2.22. The number of aromatic hydroxyl groups is 1. The van der Waals surface area contributed by atoms with Crippen LogP contribution in [0.2, 0.25) is 0 Å². The molecule has 1 aromatic carbocycles. The van der Waals surface area contributed by atoms with Crippen LogP contribution in [0.5, 0.6) is 5.75 Å². The molecular weight excluding hydrogens is 269 g/mol. The summed E-state index contributed by atoms with van der Waals surface area (Å²) < 4.78 is -1.04. The first-order valence-corrected chi connectivity index (χ1v) is 4.55. The van der Waals surface area contributed by atoms with Gasteiger partial charge in [-0.1, -0.05) is 12.1 Å². The molecule has 0 saturated carbocycles. The highest BCUT2D eigenvalue weighted by atomic mass is 127. The van der Waals surface area contributed by atoms with Crippen molar-refractivity contribution < 1.29 is 10.2 Å². The first kappa shape index (κ1) is 9.76. The van der Waals surface area contributed by atoms with E-state index in [1.165, 1.54) is 12.1 Å². The molecule has 0 heterocycles. The van der Waals surface area contributed by atoms with Crippen LogP contribution in [0, 0.1) is 0 Å². The molecule has 66 valence electrons. The summed E-state index contributed by atoms with van der Waals surface area (Å²) in [5.41, 5.74) is 6.05. The summed E-state index contributed by atoms with van der Waals surface area (Å²) >= 11 is 1.87. The number of phenolic OH excluding ortho intramolecular Hbond substituents is 1. The summed E-state index contributed by atoms with van der Waals surface area (Å²) in [6.45, 7) is 0.151. The van der Waals surface area contributed by atoms with Gasteiger partial charge in [-0.2, -0.15) is 0 Å². The summed E-state index contributed by atoms with van der Waals surface area (Å²) in [5, 5.41) is 18.6. The molecule has 0 radical (unpaired) electrons. The van der Waals surface area contributed by atoms with Crippen molar-refractivity contribution in [2.24, 2.45) is 5.73 Å². The molecule has 0 spiro atoms. The number of hydrogen-bond donors (Lipinski definition) is 3. The van der Waals surface area contributed by atoms with Crippen molar-refractivity contribution >= 4 is 22.6 Å². The van der Waals surface area contributed by atoms with Crippen molar-refractivity contribution in [3.8, 4) is 5.75 Å². The number of halogens is 1. The third-order valence-electron chi connectivity index (χ3n) is 1.58. The van der Waals surface area contributed by atoms with E-state index in [0.29, 0.717) is 5.56 Å². The molecule has 1 rings (SSSR count). The fraction of sp³-hybridized carbons (Fsp3) is 0.250. The molecule has 12 heavy (non-hydrogen) atoms. The Morgan fingerprint density at radius 2 is 1.83 bits per heavy atom. The highest BCUT2D eigenvalue weighted by Crippen LogP contribution is 2.28. The molecule has 0 amide bonds. The van der Waals surface area contributed by atoms with Gasteiger partial charge in [0.15, 0.2) is 3.61 Å². The zero-order chi connectivity index (χ0) is 9.19. The van der Waals surface area contributed by atoms with E-state index in [1.807, 2.05) is 22.6 Å². The SMILES string of the molecule is NCC(O)(I)c1ccc(O)cc1. The van der Waals surface area contributed by atoms with E-state index >= 15 is 0 Å². The average molecular weight is 279 g/mol. The van der Waals surface area contributed by atoms with Crippen LogP contribution in [0.1, 0.15) is 5.56 Å². The number of nitrogens with two attached hydrogens (primary N) is 1. The Bertz CT molecular complexity index is 258. The van der Waals surface area contributed by atoms with Crippen molar-refractivity contribution in [3.05, 3.63) is 29.8 Å². The van der Waals surface area contributed by atoms with Crippen molar-refractivity contribution in [1.29, 1.82) is 0 Å². The lowest BCUT2D eigenvalue weighted by Gasteiger charge is -2.18. The van der Waals surface area contributed by atoms with Gasteiger partial charge in [-0.05, 0) is 40.3 Å². The second-order valence-electron chi connectivity index (χ2n) is 2.51. The molecule has 0 aliphatic heterocycles. The maximum Gasteiger partial charge on any atom is 0.153 e. The van der Waals surface area contributed by atoms with E-state index in [0.717, 1.165) is 0 Å². The van der Waals surface area contributed by atoms with Crippen LogP contribution in [-0.4, -0.2) is 16.8 Å². The third kappa shape index (κ3) is 2.09. The Hall–Kier alpha value is -0.330. The Balaban J connectivity index is 2.96. The lowest BCUT2D eigenvalue weighted by atomic mass is 10.1. The number of alkyl halides is 1. The summed E-state index contributed by atoms with van der Waals surface area (Å²) in [6, 6.07) is 6.34. The fourth-order valence-corrected chi connectivity index (χ4v) is 1.19. The summed E-state index contributed by atoms with van der Waals surface area (Å²) in [7, 11) is 0. The Morgan fingerprint density at radius 1 is 1.33 bits per heavy atom. The van der Waals surface area contributed by atoms with Crippen LogP contribution in [-0.2, 0) is 3.61 Å². The maximum atomic E-state index is 9.67. The average Bonchev–Trinajstić information content (AvgIpc) is 2.05. The van der Waals surface area contributed by atoms with E-state index in [4.69, 9.17) is 10.8 Å². The van der Waals surface area contributed by atoms with Crippen LogP contribution in [0.25, 0.3) is 0 Å². The van der Waals surface area contributed by atoms with Gasteiger partial charge in [-0.15, -0.1) is 0 Å². The second-order valence-corrected chi connectivity index (χ2v) is 4.29. The van der Waals surface area contributed by atoms with Gasteiger partial charge in [-0.25, -0.2) is 0 Å². The monoisotopic (exact) mass is 279 g/mol. The standard InChI is InChI=1S/C8H10INO2/c9-8(12,5-10)6-1-3-7(11)4-2-6/h1-4,11-12H,5,10H2. The maximum absolute atomic E-state index is 9.67. The van der Waals surface area contributed by atoms with Crippen LogP contribution < -0.4 is 5.73 Å². The van der Waals surface area contributed by atoms with Crippen molar-refractivity contribution in [3.63, 3.8) is 0 Å². The van der Waals surface area contributed by atoms with Crippen molar-refractivity contribution in [2.45, 2.75) is 3.61 Å². The first-order valence-electron chi connectivity index (χ1n) is 3.47.